The van der Waals surface area contributed by atoms with Crippen molar-refractivity contribution in [2.24, 2.45) is 17.8 Å². The lowest BCUT2D eigenvalue weighted by Crippen LogP contribution is -2.36. The van der Waals surface area contributed by atoms with Gasteiger partial charge in [0.2, 0.25) is 0 Å². The van der Waals surface area contributed by atoms with Crippen molar-refractivity contribution in [3.63, 3.8) is 0 Å². The van der Waals surface area contributed by atoms with Crippen LogP contribution in [-0.2, 0) is 19.0 Å². The van der Waals surface area contributed by atoms with Gasteiger partial charge in [0.25, 0.3) is 0 Å². The van der Waals surface area contributed by atoms with Crippen LogP contribution < -0.4 is 0 Å². The van der Waals surface area contributed by atoms with Crippen LogP contribution in [0.5, 0.6) is 0 Å². The molecule has 2 aliphatic heterocycles. The number of carbonyl (C=O) groups excluding carboxylic acids is 2. The molecular weight excluding hydrogens is 286 g/mol. The lowest BCUT2D eigenvalue weighted by molar-refractivity contribution is -0.147. The van der Waals surface area contributed by atoms with Crippen LogP contribution in [0.25, 0.3) is 0 Å². The van der Waals surface area contributed by atoms with Gasteiger partial charge in [0, 0.05) is 26.3 Å². The number of esters is 1. The fourth-order valence-electron chi connectivity index (χ4n) is 3.33. The molecule has 126 valence electrons. The maximum atomic E-state index is 12.3. The molecule has 0 aromatic heterocycles. The van der Waals surface area contributed by atoms with Crippen molar-refractivity contribution in [2.45, 2.75) is 39.2 Å². The van der Waals surface area contributed by atoms with Crippen molar-refractivity contribution in [3.05, 3.63) is 0 Å². The van der Waals surface area contributed by atoms with Crippen LogP contribution >= 0.6 is 0 Å². The van der Waals surface area contributed by atoms with E-state index in [1.807, 2.05) is 20.8 Å². The average Bonchev–Trinajstić information content (AvgIpc) is 2.91. The van der Waals surface area contributed by atoms with E-state index in [0.717, 1.165) is 26.1 Å². The van der Waals surface area contributed by atoms with Crippen LogP contribution in [0.15, 0.2) is 0 Å². The zero-order valence-electron chi connectivity index (χ0n) is 14.0. The molecule has 0 aromatic carbocycles. The Labute approximate surface area is 132 Å². The second-order valence-electron chi connectivity index (χ2n) is 7.13. The molecule has 0 N–H and O–H groups in total. The monoisotopic (exact) mass is 313 g/mol. The fourth-order valence-corrected chi connectivity index (χ4v) is 3.33. The quantitative estimate of drug-likeness (QED) is 0.730. The Morgan fingerprint density at radius 3 is 2.32 bits per heavy atom. The first-order chi connectivity index (χ1) is 10.3. The van der Waals surface area contributed by atoms with Crippen molar-refractivity contribution in [2.75, 3.05) is 33.4 Å². The van der Waals surface area contributed by atoms with E-state index in [9.17, 15) is 9.59 Å². The van der Waals surface area contributed by atoms with Crippen LogP contribution in [0.2, 0.25) is 0 Å². The van der Waals surface area contributed by atoms with Crippen LogP contribution in [0.1, 0.15) is 33.6 Å². The number of rotatable bonds is 2. The molecule has 2 fully saturated rings. The average molecular weight is 313 g/mol. The van der Waals surface area contributed by atoms with Crippen molar-refractivity contribution in [1.29, 1.82) is 0 Å². The maximum Gasteiger partial charge on any atom is 0.410 e. The third-order valence-corrected chi connectivity index (χ3v) is 4.39. The summed E-state index contributed by atoms with van der Waals surface area (Å²) in [4.78, 5) is 26.0. The second kappa shape index (κ2) is 6.86. The van der Waals surface area contributed by atoms with Gasteiger partial charge in [-0.3, -0.25) is 4.79 Å². The Morgan fingerprint density at radius 2 is 1.77 bits per heavy atom. The molecule has 1 amide bonds. The molecule has 0 unspecified atom stereocenters. The summed E-state index contributed by atoms with van der Waals surface area (Å²) < 4.78 is 15.8. The highest BCUT2D eigenvalue weighted by atomic mass is 16.6. The highest BCUT2D eigenvalue weighted by Crippen LogP contribution is 2.36. The lowest BCUT2D eigenvalue weighted by atomic mass is 9.79. The molecule has 22 heavy (non-hydrogen) atoms. The van der Waals surface area contributed by atoms with Gasteiger partial charge < -0.3 is 19.1 Å². The Balaban J connectivity index is 2.07. The van der Waals surface area contributed by atoms with Gasteiger partial charge in [0.05, 0.1) is 13.0 Å². The molecular formula is C16H27NO5. The van der Waals surface area contributed by atoms with E-state index in [0.29, 0.717) is 19.0 Å². The van der Waals surface area contributed by atoms with Gasteiger partial charge in [0.1, 0.15) is 5.60 Å². The zero-order valence-corrected chi connectivity index (χ0v) is 14.0. The topological polar surface area (TPSA) is 65.1 Å². The van der Waals surface area contributed by atoms with Crippen molar-refractivity contribution >= 4 is 12.1 Å². The molecule has 0 spiro atoms. The van der Waals surface area contributed by atoms with E-state index >= 15 is 0 Å². The molecule has 0 saturated carbocycles. The Kier molecular flexibility index (Phi) is 5.32. The Bertz CT molecular complexity index is 411. The van der Waals surface area contributed by atoms with Gasteiger partial charge in [-0.15, -0.1) is 0 Å². The van der Waals surface area contributed by atoms with Crippen molar-refractivity contribution in [3.8, 4) is 0 Å². The first kappa shape index (κ1) is 17.1. The summed E-state index contributed by atoms with van der Waals surface area (Å²) >= 11 is 0. The molecule has 2 rings (SSSR count). The summed E-state index contributed by atoms with van der Waals surface area (Å²) in [7, 11) is 1.40. The largest absolute Gasteiger partial charge is 0.469 e. The first-order valence-corrected chi connectivity index (χ1v) is 7.95. The number of ether oxygens (including phenoxy) is 3. The molecule has 0 bridgehead atoms. The normalized spacial score (nSPS) is 26.8. The number of likely N-dealkylation sites (tertiary alicyclic amines) is 1. The van der Waals surface area contributed by atoms with E-state index in [1.54, 1.807) is 4.90 Å². The van der Waals surface area contributed by atoms with Crippen LogP contribution in [0, 0.1) is 17.8 Å². The van der Waals surface area contributed by atoms with Crippen LogP contribution in [0.3, 0.4) is 0 Å². The number of hydrogen-bond donors (Lipinski definition) is 0. The molecule has 0 aliphatic carbocycles. The van der Waals surface area contributed by atoms with Crippen LogP contribution in [0.4, 0.5) is 4.79 Å². The van der Waals surface area contributed by atoms with E-state index in [-0.39, 0.29) is 23.9 Å². The second-order valence-corrected chi connectivity index (χ2v) is 7.13. The predicted molar refractivity (Wildman–Crippen MR) is 80.3 cm³/mol. The van der Waals surface area contributed by atoms with E-state index < -0.39 is 5.60 Å². The minimum Gasteiger partial charge on any atom is -0.469 e. The predicted octanol–water partition coefficient (Wildman–Crippen LogP) is 2.07. The summed E-state index contributed by atoms with van der Waals surface area (Å²) in [5.74, 6) is 0.0253. The molecule has 2 saturated heterocycles. The third-order valence-electron chi connectivity index (χ3n) is 4.39. The lowest BCUT2D eigenvalue weighted by Gasteiger charge is -2.30. The summed E-state index contributed by atoms with van der Waals surface area (Å²) in [6, 6.07) is 0. The van der Waals surface area contributed by atoms with E-state index in [2.05, 4.69) is 0 Å². The molecule has 0 aromatic rings. The Morgan fingerprint density at radius 1 is 1.14 bits per heavy atom. The molecule has 0 radical (unpaired) electrons. The first-order valence-electron chi connectivity index (χ1n) is 7.95. The maximum absolute atomic E-state index is 12.3. The SMILES string of the molecule is COC(=O)[C@@H]1CN(C(=O)OC(C)(C)C)C[C@H]1C1CCOCC1. The van der Waals surface area contributed by atoms with Gasteiger partial charge in [-0.05, 0) is 45.4 Å². The molecule has 2 atom stereocenters. The molecule has 6 heteroatoms. The third kappa shape index (κ3) is 4.12. The van der Waals surface area contributed by atoms with Gasteiger partial charge in [-0.2, -0.15) is 0 Å². The number of methoxy groups -OCH3 is 1. The van der Waals surface area contributed by atoms with Gasteiger partial charge in [-0.25, -0.2) is 4.79 Å². The van der Waals surface area contributed by atoms with E-state index in [4.69, 9.17) is 14.2 Å². The van der Waals surface area contributed by atoms with E-state index in [1.165, 1.54) is 7.11 Å². The zero-order chi connectivity index (χ0) is 16.3. The standard InChI is InChI=1S/C16H27NO5/c1-16(2,3)22-15(19)17-9-12(11-5-7-21-8-6-11)13(10-17)14(18)20-4/h11-13H,5-10H2,1-4H3/t12-,13+/m0/s1. The number of amides is 1. The summed E-state index contributed by atoms with van der Waals surface area (Å²) in [5, 5.41) is 0. The molecule has 2 aliphatic rings. The van der Waals surface area contributed by atoms with Gasteiger partial charge in [-0.1, -0.05) is 0 Å². The minimum atomic E-state index is -0.533. The fraction of sp³-hybridized carbons (Fsp3) is 0.875. The van der Waals surface area contributed by atoms with Crippen LogP contribution in [-0.4, -0.2) is 56.0 Å². The highest BCUT2D eigenvalue weighted by Gasteiger charge is 2.45. The number of nitrogens with zero attached hydrogens (tertiary/aromatic N) is 1. The smallest absolute Gasteiger partial charge is 0.410 e. The minimum absolute atomic E-state index is 0.129. The highest BCUT2D eigenvalue weighted by molar-refractivity contribution is 5.76. The van der Waals surface area contributed by atoms with Crippen molar-refractivity contribution in [1.82, 2.24) is 4.90 Å². The van der Waals surface area contributed by atoms with Gasteiger partial charge >= 0.3 is 12.1 Å². The summed E-state index contributed by atoms with van der Waals surface area (Å²) in [6.45, 7) is 7.91. The van der Waals surface area contributed by atoms with Crippen molar-refractivity contribution < 1.29 is 23.8 Å². The van der Waals surface area contributed by atoms with Gasteiger partial charge in [0.15, 0.2) is 0 Å². The summed E-state index contributed by atoms with van der Waals surface area (Å²) in [5.41, 5.74) is -0.533. The number of hydrogen-bond acceptors (Lipinski definition) is 5. The Hall–Kier alpha value is -1.30. The summed E-state index contributed by atoms with van der Waals surface area (Å²) in [6.07, 6.45) is 1.51. The molecule has 2 heterocycles. The number of carbonyl (C=O) groups is 2. The molecule has 6 nitrogen and oxygen atoms in total.